The van der Waals surface area contributed by atoms with Crippen molar-refractivity contribution in [1.29, 1.82) is 0 Å². The van der Waals surface area contributed by atoms with Crippen LogP contribution >= 0.6 is 12.4 Å². The van der Waals surface area contributed by atoms with Crippen LogP contribution in [0.1, 0.15) is 23.2 Å². The summed E-state index contributed by atoms with van der Waals surface area (Å²) < 4.78 is 10.5. The van der Waals surface area contributed by atoms with Crippen molar-refractivity contribution in [3.63, 3.8) is 0 Å². The zero-order valence-electron chi connectivity index (χ0n) is 15.2. The molecule has 0 saturated carbocycles. The van der Waals surface area contributed by atoms with Gasteiger partial charge in [-0.2, -0.15) is 0 Å². The van der Waals surface area contributed by atoms with Crippen LogP contribution in [0.2, 0.25) is 0 Å². The topological polar surface area (TPSA) is 71.1 Å². The molecule has 26 heavy (non-hydrogen) atoms. The van der Waals surface area contributed by atoms with E-state index in [9.17, 15) is 9.59 Å². The summed E-state index contributed by atoms with van der Waals surface area (Å²) in [6.45, 7) is 3.60. The lowest BCUT2D eigenvalue weighted by Gasteiger charge is -2.33. The molecule has 1 aromatic carbocycles. The summed E-state index contributed by atoms with van der Waals surface area (Å²) in [5, 5.41) is 3.24. The number of likely N-dealkylation sites (tertiary alicyclic amines) is 1. The van der Waals surface area contributed by atoms with Crippen LogP contribution in [-0.4, -0.2) is 74.6 Å². The lowest BCUT2D eigenvalue weighted by atomic mass is 10.1. The van der Waals surface area contributed by atoms with Gasteiger partial charge in [0.25, 0.3) is 5.91 Å². The second kappa shape index (κ2) is 9.09. The Hall–Kier alpha value is -1.99. The first-order chi connectivity index (χ1) is 12.2. The zero-order chi connectivity index (χ0) is 17.8. The van der Waals surface area contributed by atoms with Gasteiger partial charge in [-0.1, -0.05) is 0 Å². The van der Waals surface area contributed by atoms with Gasteiger partial charge in [0.2, 0.25) is 5.91 Å². The third-order valence-electron chi connectivity index (χ3n) is 4.87. The monoisotopic (exact) mass is 383 g/mol. The summed E-state index contributed by atoms with van der Waals surface area (Å²) >= 11 is 0. The highest BCUT2D eigenvalue weighted by Crippen LogP contribution is 2.29. The van der Waals surface area contributed by atoms with Crippen molar-refractivity contribution in [2.45, 2.75) is 18.9 Å². The van der Waals surface area contributed by atoms with Crippen LogP contribution in [-0.2, 0) is 4.79 Å². The molecule has 8 heteroatoms. The number of rotatable bonds is 4. The summed E-state index contributed by atoms with van der Waals surface area (Å²) in [6, 6.07) is 4.75. The third-order valence-corrected chi connectivity index (χ3v) is 4.87. The lowest BCUT2D eigenvalue weighted by Crippen LogP contribution is -2.53. The number of ether oxygens (including phenoxy) is 2. The molecule has 0 bridgehead atoms. The van der Waals surface area contributed by atoms with Gasteiger partial charge in [0.05, 0.1) is 19.8 Å². The fraction of sp³-hybridized carbons (Fsp3) is 0.556. The number of piperazine rings is 1. The standard InChI is InChI=1S/C18H25N3O4.ClH/c1-24-13-5-6-14(16(12-13)25-2)17(22)21-9-3-4-15(21)18(23)20-10-7-19-8-11-20;/h5-6,12,15,19H,3-4,7-11H2,1-2H3;1H. The maximum absolute atomic E-state index is 13.0. The molecule has 0 aromatic heterocycles. The van der Waals surface area contributed by atoms with Crippen LogP contribution in [0.25, 0.3) is 0 Å². The highest BCUT2D eigenvalue weighted by Gasteiger charge is 2.37. The molecule has 7 nitrogen and oxygen atoms in total. The second-order valence-electron chi connectivity index (χ2n) is 6.30. The highest BCUT2D eigenvalue weighted by atomic mass is 35.5. The van der Waals surface area contributed by atoms with E-state index in [1.54, 1.807) is 30.2 Å². The van der Waals surface area contributed by atoms with Gasteiger partial charge in [0, 0.05) is 38.8 Å². The molecule has 0 radical (unpaired) electrons. The average Bonchev–Trinajstić information content (AvgIpc) is 3.16. The van der Waals surface area contributed by atoms with E-state index < -0.39 is 0 Å². The third kappa shape index (κ3) is 4.04. The molecule has 2 saturated heterocycles. The molecule has 1 N–H and O–H groups in total. The Bertz CT molecular complexity index is 649. The Morgan fingerprint density at radius 2 is 1.85 bits per heavy atom. The van der Waals surface area contributed by atoms with Crippen molar-refractivity contribution >= 4 is 24.2 Å². The van der Waals surface area contributed by atoms with E-state index in [0.29, 0.717) is 43.1 Å². The summed E-state index contributed by atoms with van der Waals surface area (Å²) in [4.78, 5) is 29.4. The average molecular weight is 384 g/mol. The van der Waals surface area contributed by atoms with Crippen LogP contribution in [0, 0.1) is 0 Å². The molecule has 1 atom stereocenters. The number of amides is 2. The van der Waals surface area contributed by atoms with Crippen molar-refractivity contribution in [2.75, 3.05) is 46.9 Å². The molecule has 2 amide bonds. The second-order valence-corrected chi connectivity index (χ2v) is 6.30. The minimum absolute atomic E-state index is 0. The molecule has 1 aromatic rings. The van der Waals surface area contributed by atoms with Crippen LogP contribution < -0.4 is 14.8 Å². The van der Waals surface area contributed by atoms with Crippen LogP contribution in [0.5, 0.6) is 11.5 Å². The predicted molar refractivity (Wildman–Crippen MR) is 100 cm³/mol. The maximum Gasteiger partial charge on any atom is 0.258 e. The smallest absolute Gasteiger partial charge is 0.258 e. The molecular weight excluding hydrogens is 358 g/mol. The predicted octanol–water partition coefficient (Wildman–Crippen LogP) is 1.16. The van der Waals surface area contributed by atoms with E-state index in [0.717, 1.165) is 19.5 Å². The largest absolute Gasteiger partial charge is 0.497 e. The number of benzene rings is 1. The van der Waals surface area contributed by atoms with Gasteiger partial charge >= 0.3 is 0 Å². The molecule has 0 aliphatic carbocycles. The summed E-state index contributed by atoms with van der Waals surface area (Å²) in [5.74, 6) is 0.984. The zero-order valence-corrected chi connectivity index (χ0v) is 16.0. The Morgan fingerprint density at radius 1 is 1.12 bits per heavy atom. The van der Waals surface area contributed by atoms with Crippen LogP contribution in [0.15, 0.2) is 18.2 Å². The Balaban J connectivity index is 0.00000243. The van der Waals surface area contributed by atoms with Gasteiger partial charge in [-0.3, -0.25) is 9.59 Å². The van der Waals surface area contributed by atoms with Crippen molar-refractivity contribution in [3.8, 4) is 11.5 Å². The van der Waals surface area contributed by atoms with Crippen molar-refractivity contribution in [1.82, 2.24) is 15.1 Å². The molecule has 2 heterocycles. The maximum atomic E-state index is 13.0. The number of carbonyl (C=O) groups is 2. The number of hydrogen-bond acceptors (Lipinski definition) is 5. The number of carbonyl (C=O) groups excluding carboxylic acids is 2. The highest BCUT2D eigenvalue weighted by molar-refractivity contribution is 6.00. The number of halogens is 1. The van der Waals surface area contributed by atoms with Crippen molar-refractivity contribution in [2.24, 2.45) is 0 Å². The Labute approximate surface area is 160 Å². The Kier molecular flexibility index (Phi) is 7.11. The molecule has 1 unspecified atom stereocenters. The van der Waals surface area contributed by atoms with E-state index in [1.165, 1.54) is 7.11 Å². The summed E-state index contributed by atoms with van der Waals surface area (Å²) in [7, 11) is 3.10. The fourth-order valence-electron chi connectivity index (χ4n) is 3.49. The minimum Gasteiger partial charge on any atom is -0.497 e. The first-order valence-electron chi connectivity index (χ1n) is 8.68. The molecule has 2 aliphatic rings. The van der Waals surface area contributed by atoms with Crippen molar-refractivity contribution < 1.29 is 19.1 Å². The lowest BCUT2D eigenvalue weighted by molar-refractivity contribution is -0.135. The van der Waals surface area contributed by atoms with E-state index in [-0.39, 0.29) is 30.3 Å². The van der Waals surface area contributed by atoms with E-state index in [2.05, 4.69) is 5.32 Å². The molecule has 0 spiro atoms. The van der Waals surface area contributed by atoms with Gasteiger partial charge in [0.15, 0.2) is 0 Å². The minimum atomic E-state index is -0.377. The molecule has 3 rings (SSSR count). The summed E-state index contributed by atoms with van der Waals surface area (Å²) in [6.07, 6.45) is 1.56. The summed E-state index contributed by atoms with van der Waals surface area (Å²) in [5.41, 5.74) is 0.461. The van der Waals surface area contributed by atoms with Gasteiger partial charge in [-0.15, -0.1) is 12.4 Å². The van der Waals surface area contributed by atoms with Gasteiger partial charge in [-0.05, 0) is 25.0 Å². The van der Waals surface area contributed by atoms with Crippen molar-refractivity contribution in [3.05, 3.63) is 23.8 Å². The van der Waals surface area contributed by atoms with Crippen LogP contribution in [0.4, 0.5) is 0 Å². The first kappa shape index (κ1) is 20.3. The number of methoxy groups -OCH3 is 2. The SMILES string of the molecule is COc1ccc(C(=O)N2CCCC2C(=O)N2CCNCC2)c(OC)c1.Cl. The van der Waals surface area contributed by atoms with E-state index in [4.69, 9.17) is 9.47 Å². The molecule has 2 aliphatic heterocycles. The van der Waals surface area contributed by atoms with E-state index >= 15 is 0 Å². The number of nitrogens with one attached hydrogen (secondary N) is 1. The van der Waals surface area contributed by atoms with E-state index in [1.807, 2.05) is 4.90 Å². The molecule has 144 valence electrons. The quantitative estimate of drug-likeness (QED) is 0.844. The fourth-order valence-corrected chi connectivity index (χ4v) is 3.49. The van der Waals surface area contributed by atoms with Gasteiger partial charge in [-0.25, -0.2) is 0 Å². The van der Waals surface area contributed by atoms with Gasteiger partial charge < -0.3 is 24.6 Å². The number of hydrogen-bond donors (Lipinski definition) is 1. The normalized spacial score (nSPS) is 19.7. The Morgan fingerprint density at radius 3 is 2.50 bits per heavy atom. The molecular formula is C18H26ClN3O4. The van der Waals surface area contributed by atoms with Gasteiger partial charge in [0.1, 0.15) is 17.5 Å². The number of nitrogens with zero attached hydrogens (tertiary/aromatic N) is 2. The molecule has 2 fully saturated rings. The first-order valence-corrected chi connectivity index (χ1v) is 8.68. The van der Waals surface area contributed by atoms with Crippen LogP contribution in [0.3, 0.4) is 0 Å².